The Kier molecular flexibility index (Phi) is 5.22. The van der Waals surface area contributed by atoms with E-state index in [1.165, 1.54) is 28.7 Å². The van der Waals surface area contributed by atoms with Crippen molar-refractivity contribution < 1.29 is 0 Å². The summed E-state index contributed by atoms with van der Waals surface area (Å²) in [6, 6.07) is 15.2. The summed E-state index contributed by atoms with van der Waals surface area (Å²) in [4.78, 5) is 0. The maximum absolute atomic E-state index is 6.05. The van der Waals surface area contributed by atoms with Crippen LogP contribution in [0.15, 0.2) is 42.5 Å². The van der Waals surface area contributed by atoms with Crippen molar-refractivity contribution in [1.82, 2.24) is 5.32 Å². The van der Waals surface area contributed by atoms with E-state index in [4.69, 9.17) is 11.6 Å². The first-order valence-electron chi connectivity index (χ1n) is 7.18. The number of hydrogen-bond donors (Lipinski definition) is 1. The van der Waals surface area contributed by atoms with Crippen molar-refractivity contribution in [2.75, 3.05) is 7.05 Å². The number of nitrogens with one attached hydrogen (secondary N) is 1. The molecule has 0 saturated carbocycles. The van der Waals surface area contributed by atoms with Gasteiger partial charge in [-0.25, -0.2) is 0 Å². The molecule has 1 unspecified atom stereocenters. The van der Waals surface area contributed by atoms with Gasteiger partial charge in [0.2, 0.25) is 0 Å². The van der Waals surface area contributed by atoms with Crippen molar-refractivity contribution in [1.29, 1.82) is 0 Å². The summed E-state index contributed by atoms with van der Waals surface area (Å²) >= 11 is 6.05. The number of benzene rings is 2. The third-order valence-electron chi connectivity index (χ3n) is 3.68. The fourth-order valence-electron chi connectivity index (χ4n) is 2.63. The first kappa shape index (κ1) is 15.1. The van der Waals surface area contributed by atoms with Crippen LogP contribution in [0.4, 0.5) is 0 Å². The maximum atomic E-state index is 6.05. The van der Waals surface area contributed by atoms with Crippen LogP contribution in [0.25, 0.3) is 0 Å². The molecule has 2 heteroatoms. The van der Waals surface area contributed by atoms with Crippen molar-refractivity contribution in [2.24, 2.45) is 0 Å². The van der Waals surface area contributed by atoms with E-state index in [0.29, 0.717) is 0 Å². The van der Waals surface area contributed by atoms with Crippen molar-refractivity contribution >= 4 is 11.6 Å². The van der Waals surface area contributed by atoms with Crippen LogP contribution in [0, 0.1) is 6.92 Å². The van der Waals surface area contributed by atoms with Gasteiger partial charge in [0.05, 0.1) is 6.04 Å². The van der Waals surface area contributed by atoms with Crippen LogP contribution >= 0.6 is 11.6 Å². The van der Waals surface area contributed by atoms with Gasteiger partial charge in [-0.1, -0.05) is 55.3 Å². The van der Waals surface area contributed by atoms with E-state index >= 15 is 0 Å². The zero-order chi connectivity index (χ0) is 14.5. The van der Waals surface area contributed by atoms with Crippen LogP contribution in [0.2, 0.25) is 5.02 Å². The summed E-state index contributed by atoms with van der Waals surface area (Å²) in [5.74, 6) is 0. The van der Waals surface area contributed by atoms with Gasteiger partial charge in [0, 0.05) is 5.02 Å². The molecule has 2 rings (SSSR count). The minimum absolute atomic E-state index is 0.211. The largest absolute Gasteiger partial charge is 0.309 e. The summed E-state index contributed by atoms with van der Waals surface area (Å²) in [6.07, 6.45) is 2.33. The van der Waals surface area contributed by atoms with Crippen LogP contribution in [0.1, 0.15) is 41.6 Å². The molecule has 2 aromatic rings. The third kappa shape index (κ3) is 3.41. The Morgan fingerprint density at radius 1 is 1.10 bits per heavy atom. The first-order valence-corrected chi connectivity index (χ1v) is 7.55. The van der Waals surface area contributed by atoms with E-state index in [1.807, 2.05) is 19.2 Å². The summed E-state index contributed by atoms with van der Waals surface area (Å²) in [7, 11) is 2.00. The molecule has 0 aliphatic heterocycles. The fraction of sp³-hybridized carbons (Fsp3) is 0.333. The zero-order valence-corrected chi connectivity index (χ0v) is 13.2. The summed E-state index contributed by atoms with van der Waals surface area (Å²) in [5.41, 5.74) is 5.19. The maximum Gasteiger partial charge on any atom is 0.0576 e. The van der Waals surface area contributed by atoms with Gasteiger partial charge in [-0.2, -0.15) is 0 Å². The average molecular weight is 288 g/mol. The zero-order valence-electron chi connectivity index (χ0n) is 12.4. The molecular formula is C18H22ClN. The molecule has 0 spiro atoms. The Morgan fingerprint density at radius 2 is 1.80 bits per heavy atom. The molecule has 1 N–H and O–H groups in total. The van der Waals surface area contributed by atoms with E-state index in [-0.39, 0.29) is 6.04 Å². The average Bonchev–Trinajstić information content (AvgIpc) is 2.44. The highest BCUT2D eigenvalue weighted by molar-refractivity contribution is 6.30. The second-order valence-electron chi connectivity index (χ2n) is 5.21. The molecule has 2 aromatic carbocycles. The number of aryl methyl sites for hydroxylation is 2. The van der Waals surface area contributed by atoms with Gasteiger partial charge >= 0.3 is 0 Å². The third-order valence-corrected chi connectivity index (χ3v) is 3.92. The van der Waals surface area contributed by atoms with Gasteiger partial charge in [0.1, 0.15) is 0 Å². The highest BCUT2D eigenvalue weighted by atomic mass is 35.5. The number of rotatable bonds is 5. The van der Waals surface area contributed by atoms with Gasteiger partial charge in [0.15, 0.2) is 0 Å². The topological polar surface area (TPSA) is 12.0 Å². The van der Waals surface area contributed by atoms with E-state index in [1.54, 1.807) is 0 Å². The smallest absolute Gasteiger partial charge is 0.0576 e. The lowest BCUT2D eigenvalue weighted by Crippen LogP contribution is -2.18. The highest BCUT2D eigenvalue weighted by Crippen LogP contribution is 2.27. The van der Waals surface area contributed by atoms with Gasteiger partial charge in [-0.15, -0.1) is 0 Å². The summed E-state index contributed by atoms with van der Waals surface area (Å²) < 4.78 is 0. The molecule has 0 aromatic heterocycles. The van der Waals surface area contributed by atoms with Crippen LogP contribution in [-0.4, -0.2) is 7.05 Å². The Labute approximate surface area is 127 Å². The van der Waals surface area contributed by atoms with E-state index < -0.39 is 0 Å². The Balaban J connectivity index is 2.31. The lowest BCUT2D eigenvalue weighted by atomic mass is 9.94. The minimum atomic E-state index is 0.211. The molecule has 0 aliphatic carbocycles. The molecule has 0 bridgehead atoms. The van der Waals surface area contributed by atoms with Crippen LogP contribution < -0.4 is 5.32 Å². The van der Waals surface area contributed by atoms with Gasteiger partial charge in [0.25, 0.3) is 0 Å². The van der Waals surface area contributed by atoms with Gasteiger partial charge in [-0.3, -0.25) is 0 Å². The molecule has 1 nitrogen and oxygen atoms in total. The molecule has 0 amide bonds. The SMILES string of the molecule is CCCc1ccc(C(NC)c2ccc(Cl)cc2C)cc1. The first-order chi connectivity index (χ1) is 9.65. The fourth-order valence-corrected chi connectivity index (χ4v) is 2.86. The van der Waals surface area contributed by atoms with E-state index in [0.717, 1.165) is 11.4 Å². The van der Waals surface area contributed by atoms with Gasteiger partial charge in [-0.05, 0) is 54.8 Å². The molecule has 0 heterocycles. The van der Waals surface area contributed by atoms with Crippen LogP contribution in [0.3, 0.4) is 0 Å². The Bertz CT molecular complexity index is 560. The molecule has 0 aliphatic rings. The second-order valence-corrected chi connectivity index (χ2v) is 5.65. The molecular weight excluding hydrogens is 266 g/mol. The standard InChI is InChI=1S/C18H22ClN/c1-4-5-14-6-8-15(9-7-14)18(20-3)17-11-10-16(19)12-13(17)2/h6-12,18,20H,4-5H2,1-3H3. The predicted molar refractivity (Wildman–Crippen MR) is 87.5 cm³/mol. The molecule has 0 radical (unpaired) electrons. The quantitative estimate of drug-likeness (QED) is 0.824. The number of halogens is 1. The normalized spacial score (nSPS) is 12.4. The van der Waals surface area contributed by atoms with Crippen molar-refractivity contribution in [3.8, 4) is 0 Å². The second kappa shape index (κ2) is 6.92. The monoisotopic (exact) mass is 287 g/mol. The molecule has 106 valence electrons. The molecule has 20 heavy (non-hydrogen) atoms. The highest BCUT2D eigenvalue weighted by Gasteiger charge is 2.14. The lowest BCUT2D eigenvalue weighted by Gasteiger charge is -2.20. The Hall–Kier alpha value is -1.31. The summed E-state index contributed by atoms with van der Waals surface area (Å²) in [5, 5.41) is 4.19. The minimum Gasteiger partial charge on any atom is -0.309 e. The predicted octanol–water partition coefficient (Wildman–Crippen LogP) is 4.91. The molecule has 1 atom stereocenters. The lowest BCUT2D eigenvalue weighted by molar-refractivity contribution is 0.687. The van der Waals surface area contributed by atoms with Crippen molar-refractivity contribution in [3.63, 3.8) is 0 Å². The Morgan fingerprint density at radius 3 is 2.35 bits per heavy atom. The molecule has 0 fully saturated rings. The van der Waals surface area contributed by atoms with Crippen LogP contribution in [-0.2, 0) is 6.42 Å². The summed E-state index contributed by atoms with van der Waals surface area (Å²) in [6.45, 7) is 4.32. The molecule has 0 saturated heterocycles. The van der Waals surface area contributed by atoms with Gasteiger partial charge < -0.3 is 5.32 Å². The van der Waals surface area contributed by atoms with Crippen LogP contribution in [0.5, 0.6) is 0 Å². The van der Waals surface area contributed by atoms with E-state index in [2.05, 4.69) is 49.5 Å². The van der Waals surface area contributed by atoms with Crippen molar-refractivity contribution in [3.05, 3.63) is 69.7 Å². The van der Waals surface area contributed by atoms with E-state index in [9.17, 15) is 0 Å². The number of hydrogen-bond acceptors (Lipinski definition) is 1. The van der Waals surface area contributed by atoms with Crippen molar-refractivity contribution in [2.45, 2.75) is 32.7 Å².